The van der Waals surface area contributed by atoms with Crippen molar-refractivity contribution >= 4 is 0 Å². The highest BCUT2D eigenvalue weighted by Gasteiger charge is 2.28. The van der Waals surface area contributed by atoms with E-state index >= 15 is 0 Å². The number of rotatable bonds is 4. The maximum absolute atomic E-state index is 4.91. The van der Waals surface area contributed by atoms with Gasteiger partial charge in [0.05, 0.1) is 17.1 Å². The molecule has 4 heterocycles. The Bertz CT molecular complexity index is 1050. The first-order valence-corrected chi connectivity index (χ1v) is 9.57. The summed E-state index contributed by atoms with van der Waals surface area (Å²) in [5, 5.41) is 0. The van der Waals surface area contributed by atoms with E-state index in [-0.39, 0.29) is 0 Å². The van der Waals surface area contributed by atoms with E-state index in [0.717, 1.165) is 40.1 Å². The maximum atomic E-state index is 4.91. The minimum Gasteiger partial charge on any atom is -0.338 e. The number of aromatic nitrogens is 7. The lowest BCUT2D eigenvalue weighted by Crippen LogP contribution is -2.22. The third-order valence-electron chi connectivity index (χ3n) is 5.39. The first-order chi connectivity index (χ1) is 13.8. The molecule has 148 valence electrons. The molecule has 0 aliphatic heterocycles. The van der Waals surface area contributed by atoms with Crippen molar-refractivity contribution in [3.05, 3.63) is 65.9 Å². The molecule has 0 bridgehead atoms. The van der Waals surface area contributed by atoms with E-state index in [1.807, 2.05) is 73.7 Å². The van der Waals surface area contributed by atoms with Crippen molar-refractivity contribution in [3.8, 4) is 22.9 Å². The lowest BCUT2D eigenvalue weighted by molar-refractivity contribution is 0.594. The molecule has 7 nitrogen and oxygen atoms in total. The Hall–Kier alpha value is -3.35. The highest BCUT2D eigenvalue weighted by Crippen LogP contribution is 2.31. The van der Waals surface area contributed by atoms with Crippen LogP contribution in [0.25, 0.3) is 22.9 Å². The molecule has 0 fully saturated rings. The van der Waals surface area contributed by atoms with Crippen molar-refractivity contribution in [3.63, 3.8) is 0 Å². The second-order valence-electron chi connectivity index (χ2n) is 7.87. The number of pyridine rings is 1. The van der Waals surface area contributed by atoms with Gasteiger partial charge in [-0.15, -0.1) is 0 Å². The Kier molecular flexibility index (Phi) is 4.53. The van der Waals surface area contributed by atoms with Crippen molar-refractivity contribution in [1.82, 2.24) is 34.1 Å². The van der Waals surface area contributed by atoms with Crippen molar-refractivity contribution in [2.24, 2.45) is 14.1 Å². The molecule has 0 aromatic carbocycles. The zero-order valence-corrected chi connectivity index (χ0v) is 17.7. The maximum Gasteiger partial charge on any atom is 0.179 e. The van der Waals surface area contributed by atoms with Crippen molar-refractivity contribution in [1.29, 1.82) is 0 Å². The molecule has 4 rings (SSSR count). The second-order valence-corrected chi connectivity index (χ2v) is 7.87. The lowest BCUT2D eigenvalue weighted by atomic mass is 9.84. The van der Waals surface area contributed by atoms with E-state index < -0.39 is 5.41 Å². The normalized spacial score (nSPS) is 11.8. The number of nitrogens with zero attached hydrogens (tertiary/aromatic N) is 7. The molecule has 0 saturated carbocycles. The van der Waals surface area contributed by atoms with Crippen molar-refractivity contribution in [2.45, 2.75) is 33.1 Å². The van der Waals surface area contributed by atoms with Gasteiger partial charge >= 0.3 is 0 Å². The molecular weight excluding hydrogens is 362 g/mol. The molecule has 4 aromatic rings. The topological polar surface area (TPSA) is 74.3 Å². The van der Waals surface area contributed by atoms with Gasteiger partial charge in [0.15, 0.2) is 5.82 Å². The van der Waals surface area contributed by atoms with Crippen LogP contribution in [-0.2, 0) is 19.5 Å². The summed E-state index contributed by atoms with van der Waals surface area (Å²) in [5.74, 6) is 2.50. The highest BCUT2D eigenvalue weighted by atomic mass is 15.1. The van der Waals surface area contributed by atoms with E-state index in [1.165, 1.54) is 0 Å². The Morgan fingerprint density at radius 2 is 1.34 bits per heavy atom. The molecule has 0 unspecified atom stereocenters. The van der Waals surface area contributed by atoms with Gasteiger partial charge in [-0.2, -0.15) is 0 Å². The molecule has 0 aliphatic carbocycles. The Morgan fingerprint density at radius 3 is 1.97 bits per heavy atom. The molecular formula is C22H25N7. The monoisotopic (exact) mass is 387 g/mol. The first kappa shape index (κ1) is 19.0. The van der Waals surface area contributed by atoms with Crippen LogP contribution in [0.3, 0.4) is 0 Å². The summed E-state index contributed by atoms with van der Waals surface area (Å²) in [6.07, 6.45) is 5.74. The van der Waals surface area contributed by atoms with Crippen LogP contribution >= 0.6 is 0 Å². The number of aryl methyl sites for hydroxylation is 4. The third-order valence-corrected chi connectivity index (χ3v) is 5.39. The SMILES string of the molecule is Cc1nc(-c2cccc(C(C)(C)c3ccnc(-c4cn(C)c(C)n4)n3)n2)cn1C. The Morgan fingerprint density at radius 1 is 0.724 bits per heavy atom. The van der Waals surface area contributed by atoms with Gasteiger partial charge in [-0.25, -0.2) is 19.9 Å². The van der Waals surface area contributed by atoms with E-state index in [4.69, 9.17) is 9.97 Å². The molecule has 0 atom stereocenters. The quantitative estimate of drug-likeness (QED) is 0.535. The van der Waals surface area contributed by atoms with Crippen LogP contribution in [-0.4, -0.2) is 34.1 Å². The Labute approximate surface area is 170 Å². The number of hydrogen-bond acceptors (Lipinski definition) is 5. The highest BCUT2D eigenvalue weighted by molar-refractivity contribution is 5.54. The van der Waals surface area contributed by atoms with Crippen LogP contribution in [0.1, 0.15) is 36.9 Å². The van der Waals surface area contributed by atoms with Gasteiger partial charge in [0, 0.05) is 38.1 Å². The zero-order valence-electron chi connectivity index (χ0n) is 17.7. The van der Waals surface area contributed by atoms with E-state index in [9.17, 15) is 0 Å². The van der Waals surface area contributed by atoms with Crippen LogP contribution in [0.5, 0.6) is 0 Å². The fraction of sp³-hybridized carbons (Fsp3) is 0.318. The first-order valence-electron chi connectivity index (χ1n) is 9.57. The second kappa shape index (κ2) is 6.92. The van der Waals surface area contributed by atoms with Crippen molar-refractivity contribution < 1.29 is 0 Å². The molecule has 29 heavy (non-hydrogen) atoms. The van der Waals surface area contributed by atoms with Gasteiger partial charge < -0.3 is 9.13 Å². The van der Waals surface area contributed by atoms with Gasteiger partial charge in [-0.1, -0.05) is 6.07 Å². The Balaban J connectivity index is 1.73. The summed E-state index contributed by atoms with van der Waals surface area (Å²) < 4.78 is 3.97. The standard InChI is InChI=1S/C22H25N7/c1-14-24-17(12-28(14)5)16-8-7-9-19(26-16)22(3,4)20-10-11-23-21(27-20)18-13-29(6)15(2)25-18/h7-13H,1-6H3. The zero-order chi connectivity index (χ0) is 20.8. The van der Waals surface area contributed by atoms with E-state index in [2.05, 4.69) is 28.8 Å². The molecule has 4 aromatic heterocycles. The summed E-state index contributed by atoms with van der Waals surface area (Å²) in [5.41, 5.74) is 3.92. The lowest BCUT2D eigenvalue weighted by Gasteiger charge is -2.24. The van der Waals surface area contributed by atoms with Gasteiger partial charge in [-0.3, -0.25) is 4.98 Å². The molecule has 0 aliphatic rings. The van der Waals surface area contributed by atoms with Gasteiger partial charge in [0.25, 0.3) is 0 Å². The fourth-order valence-corrected chi connectivity index (χ4v) is 3.24. The molecule has 0 radical (unpaired) electrons. The fourth-order valence-electron chi connectivity index (χ4n) is 3.24. The van der Waals surface area contributed by atoms with Crippen LogP contribution in [0.15, 0.2) is 42.9 Å². The minimum atomic E-state index is -0.401. The summed E-state index contributed by atoms with van der Waals surface area (Å²) in [6, 6.07) is 7.99. The van der Waals surface area contributed by atoms with Crippen LogP contribution in [0.2, 0.25) is 0 Å². The summed E-state index contributed by atoms with van der Waals surface area (Å²) in [4.78, 5) is 23.3. The summed E-state index contributed by atoms with van der Waals surface area (Å²) in [7, 11) is 3.95. The van der Waals surface area contributed by atoms with Crippen molar-refractivity contribution in [2.75, 3.05) is 0 Å². The number of imidazole rings is 2. The molecule has 7 heteroatoms. The average Bonchev–Trinajstić information content (AvgIpc) is 3.23. The predicted octanol–water partition coefficient (Wildman–Crippen LogP) is 3.62. The molecule has 0 N–H and O–H groups in total. The van der Waals surface area contributed by atoms with Gasteiger partial charge in [0.1, 0.15) is 23.0 Å². The van der Waals surface area contributed by atoms with E-state index in [1.54, 1.807) is 6.20 Å². The molecule has 0 amide bonds. The van der Waals surface area contributed by atoms with E-state index in [0.29, 0.717) is 5.82 Å². The van der Waals surface area contributed by atoms with Crippen LogP contribution in [0, 0.1) is 13.8 Å². The molecule has 0 spiro atoms. The molecule has 0 saturated heterocycles. The smallest absolute Gasteiger partial charge is 0.179 e. The van der Waals surface area contributed by atoms with Crippen LogP contribution in [0.4, 0.5) is 0 Å². The van der Waals surface area contributed by atoms with Gasteiger partial charge in [-0.05, 0) is 45.9 Å². The number of hydrogen-bond donors (Lipinski definition) is 0. The minimum absolute atomic E-state index is 0.401. The third kappa shape index (κ3) is 3.44. The average molecular weight is 387 g/mol. The predicted molar refractivity (Wildman–Crippen MR) is 112 cm³/mol. The summed E-state index contributed by atoms with van der Waals surface area (Å²) in [6.45, 7) is 8.20. The van der Waals surface area contributed by atoms with Crippen LogP contribution < -0.4 is 0 Å². The largest absolute Gasteiger partial charge is 0.338 e. The summed E-state index contributed by atoms with van der Waals surface area (Å²) >= 11 is 0. The van der Waals surface area contributed by atoms with Gasteiger partial charge in [0.2, 0.25) is 0 Å².